The van der Waals surface area contributed by atoms with Crippen LogP contribution in [-0.2, 0) is 4.74 Å². The van der Waals surface area contributed by atoms with Gasteiger partial charge in [-0.3, -0.25) is 10.1 Å². The zero-order valence-electron chi connectivity index (χ0n) is 22.8. The molecule has 5 rings (SSSR count). The van der Waals surface area contributed by atoms with Gasteiger partial charge in [-0.05, 0) is 58.6 Å². The Hall–Kier alpha value is -3.14. The zero-order chi connectivity index (χ0) is 29.1. The second kappa shape index (κ2) is 15.4. The molecule has 1 unspecified atom stereocenters. The summed E-state index contributed by atoms with van der Waals surface area (Å²) in [5.41, 5.74) is 8.66. The Morgan fingerprint density at radius 1 is 0.929 bits per heavy atom. The van der Waals surface area contributed by atoms with Crippen molar-refractivity contribution in [3.8, 4) is 10.6 Å². The van der Waals surface area contributed by atoms with E-state index in [1.54, 1.807) is 32.9 Å². The fourth-order valence-electron chi connectivity index (χ4n) is 4.18. The third-order valence-corrected chi connectivity index (χ3v) is 10.9. The Bertz CT molecular complexity index is 1670. The third kappa shape index (κ3) is 8.46. The summed E-state index contributed by atoms with van der Waals surface area (Å²) in [5, 5.41) is 10.1. The molecule has 0 spiro atoms. The van der Waals surface area contributed by atoms with Gasteiger partial charge in [-0.15, -0.1) is 11.3 Å². The van der Waals surface area contributed by atoms with E-state index in [4.69, 9.17) is 15.5 Å². The van der Waals surface area contributed by atoms with E-state index in [0.717, 1.165) is 43.5 Å². The Morgan fingerprint density at radius 3 is 2.60 bits per heavy atom. The van der Waals surface area contributed by atoms with Gasteiger partial charge in [0.05, 0.1) is 10.2 Å². The number of aromatic nitrogens is 1. The molecule has 0 bridgehead atoms. The number of amides is 2. The summed E-state index contributed by atoms with van der Waals surface area (Å²) >= 11 is 1.57. The minimum atomic E-state index is -0.467. The molecule has 0 aliphatic carbocycles. The summed E-state index contributed by atoms with van der Waals surface area (Å²) in [6.45, 7) is 1.62. The van der Waals surface area contributed by atoms with E-state index in [9.17, 15) is 9.59 Å². The number of nitrogens with one attached hydrogen (secondary N) is 2. The van der Waals surface area contributed by atoms with Crippen LogP contribution in [0.1, 0.15) is 10.4 Å². The fourth-order valence-corrected chi connectivity index (χ4v) is 7.83. The lowest BCUT2D eigenvalue weighted by Crippen LogP contribution is -2.25. The van der Waals surface area contributed by atoms with Crippen LogP contribution in [0.3, 0.4) is 0 Å². The first kappa shape index (κ1) is 30.3. The first-order valence-corrected chi connectivity index (χ1v) is 18.0. The molecule has 1 atom stereocenters. The van der Waals surface area contributed by atoms with Gasteiger partial charge in [0.1, 0.15) is 11.6 Å². The lowest BCUT2D eigenvalue weighted by Gasteiger charge is -2.08. The molecule has 4 N–H and O–H groups in total. The first-order valence-electron chi connectivity index (χ1n) is 13.5. The van der Waals surface area contributed by atoms with Crippen molar-refractivity contribution in [2.45, 2.75) is 0 Å². The number of hydrogen-bond donors (Lipinski definition) is 3. The van der Waals surface area contributed by atoms with Gasteiger partial charge < -0.3 is 15.8 Å². The largest absolute Gasteiger partial charge is 0.448 e. The van der Waals surface area contributed by atoms with Crippen LogP contribution in [0.4, 0.5) is 10.5 Å². The molecule has 2 amide bonds. The highest BCUT2D eigenvalue weighted by atomic mass is 33.1. The van der Waals surface area contributed by atoms with Crippen LogP contribution in [-0.4, -0.2) is 54.3 Å². The van der Waals surface area contributed by atoms with Crippen LogP contribution < -0.4 is 21.7 Å². The van der Waals surface area contributed by atoms with Crippen molar-refractivity contribution in [1.82, 2.24) is 10.3 Å². The maximum absolute atomic E-state index is 12.8. The number of rotatable bonds is 13. The van der Waals surface area contributed by atoms with Crippen LogP contribution in [0.25, 0.3) is 31.6 Å². The molecule has 1 heterocycles. The first-order chi connectivity index (χ1) is 20.6. The number of thiazole rings is 1. The van der Waals surface area contributed by atoms with Gasteiger partial charge in [-0.25, -0.2) is 9.78 Å². The lowest BCUT2D eigenvalue weighted by molar-refractivity contribution is 0.0956. The molecular weight excluding hydrogens is 604 g/mol. The highest BCUT2D eigenvalue weighted by Crippen LogP contribution is 2.33. The van der Waals surface area contributed by atoms with E-state index in [2.05, 4.69) is 28.8 Å². The van der Waals surface area contributed by atoms with Crippen LogP contribution in [0.2, 0.25) is 0 Å². The normalized spacial score (nSPS) is 11.4. The van der Waals surface area contributed by atoms with Gasteiger partial charge in [0.2, 0.25) is 0 Å². The SMILES string of the molecule is NCCSSCCOC(=O)Nc1ccc2cc(-c3nc4ccc(C(=O)NCCPc5ccccc5)cc4s3)ccc2c1. The highest BCUT2D eigenvalue weighted by molar-refractivity contribution is 8.76. The molecule has 0 saturated carbocycles. The van der Waals surface area contributed by atoms with Crippen molar-refractivity contribution in [3.05, 3.63) is 90.5 Å². The van der Waals surface area contributed by atoms with Crippen LogP contribution in [0.5, 0.6) is 0 Å². The van der Waals surface area contributed by atoms with Crippen LogP contribution in [0.15, 0.2) is 84.9 Å². The Labute approximate surface area is 258 Å². The van der Waals surface area contributed by atoms with Gasteiger partial charge in [0.25, 0.3) is 5.91 Å². The predicted molar refractivity (Wildman–Crippen MR) is 183 cm³/mol. The number of carbonyl (C=O) groups excluding carboxylic acids is 2. The minimum Gasteiger partial charge on any atom is -0.448 e. The van der Waals surface area contributed by atoms with Gasteiger partial charge in [0, 0.05) is 41.4 Å². The number of nitrogens with two attached hydrogens (primary N) is 1. The van der Waals surface area contributed by atoms with Gasteiger partial charge >= 0.3 is 6.09 Å². The van der Waals surface area contributed by atoms with E-state index >= 15 is 0 Å². The molecule has 42 heavy (non-hydrogen) atoms. The molecule has 7 nitrogen and oxygen atoms in total. The van der Waals surface area contributed by atoms with Crippen molar-refractivity contribution in [3.63, 3.8) is 0 Å². The van der Waals surface area contributed by atoms with Crippen molar-refractivity contribution in [2.24, 2.45) is 5.73 Å². The summed E-state index contributed by atoms with van der Waals surface area (Å²) in [6.07, 6.45) is 0.450. The number of nitrogens with zero attached hydrogens (tertiary/aromatic N) is 1. The summed E-state index contributed by atoms with van der Waals surface area (Å²) in [4.78, 5) is 29.7. The second-order valence-electron chi connectivity index (χ2n) is 9.22. The minimum absolute atomic E-state index is 0.0656. The fraction of sp³-hybridized carbons (Fsp3) is 0.194. The van der Waals surface area contributed by atoms with E-state index in [0.29, 0.717) is 45.3 Å². The van der Waals surface area contributed by atoms with E-state index in [-0.39, 0.29) is 5.91 Å². The molecule has 0 fully saturated rings. The summed E-state index contributed by atoms with van der Waals surface area (Å²) in [6, 6.07) is 27.9. The summed E-state index contributed by atoms with van der Waals surface area (Å²) < 4.78 is 6.23. The number of fused-ring (bicyclic) bond motifs is 2. The number of hydrogen-bond acceptors (Lipinski definition) is 8. The average Bonchev–Trinajstić information content (AvgIpc) is 3.45. The monoisotopic (exact) mass is 634 g/mol. The van der Waals surface area contributed by atoms with E-state index in [1.165, 1.54) is 5.30 Å². The van der Waals surface area contributed by atoms with Crippen molar-refractivity contribution < 1.29 is 14.3 Å². The Balaban J connectivity index is 1.17. The highest BCUT2D eigenvalue weighted by Gasteiger charge is 2.12. The standard InChI is InChI=1S/C31H31N4O3PS3/c32-12-16-40-41-17-14-38-31(37)34-25-10-8-21-18-24(7-6-22(21)19-25)30-35-27-11-9-23(20-28(27)42-30)29(36)33-13-15-39-26-4-2-1-3-5-26/h1-11,18-20,39H,12-17,32H2,(H,33,36)(H,34,37). The number of carbonyl (C=O) groups is 2. The maximum atomic E-state index is 12.8. The quantitative estimate of drug-likeness (QED) is 0.0749. The lowest BCUT2D eigenvalue weighted by atomic mass is 10.1. The number of benzene rings is 4. The maximum Gasteiger partial charge on any atom is 0.411 e. The van der Waals surface area contributed by atoms with Crippen LogP contribution in [0, 0.1) is 0 Å². The number of ether oxygens (including phenoxy) is 1. The van der Waals surface area contributed by atoms with Gasteiger partial charge in [0.15, 0.2) is 0 Å². The summed E-state index contributed by atoms with van der Waals surface area (Å²) in [7, 11) is 3.99. The molecule has 216 valence electrons. The average molecular weight is 635 g/mol. The Morgan fingerprint density at radius 2 is 1.74 bits per heavy atom. The third-order valence-electron chi connectivity index (χ3n) is 6.18. The molecular formula is C31H31N4O3PS3. The molecule has 4 aromatic carbocycles. The molecule has 0 aliphatic heterocycles. The smallest absolute Gasteiger partial charge is 0.411 e. The number of anilines is 1. The molecule has 11 heteroatoms. The molecule has 5 aromatic rings. The van der Waals surface area contributed by atoms with Crippen molar-refractivity contribution >= 4 is 85.5 Å². The van der Waals surface area contributed by atoms with E-state index < -0.39 is 6.09 Å². The van der Waals surface area contributed by atoms with Crippen molar-refractivity contribution in [1.29, 1.82) is 0 Å². The molecule has 0 saturated heterocycles. The Kier molecular flexibility index (Phi) is 11.1. The molecule has 0 aliphatic rings. The molecule has 1 aromatic heterocycles. The zero-order valence-corrected chi connectivity index (χ0v) is 26.2. The predicted octanol–water partition coefficient (Wildman–Crippen LogP) is 6.74. The second-order valence-corrected chi connectivity index (χ2v) is 14.4. The molecule has 0 radical (unpaired) electrons. The van der Waals surface area contributed by atoms with E-state index in [1.807, 2.05) is 66.7 Å². The topological polar surface area (TPSA) is 106 Å². The summed E-state index contributed by atoms with van der Waals surface area (Å²) in [5.74, 6) is 1.53. The van der Waals surface area contributed by atoms with Gasteiger partial charge in [-0.1, -0.05) is 78.7 Å². The van der Waals surface area contributed by atoms with Crippen molar-refractivity contribution in [2.75, 3.05) is 42.7 Å². The van der Waals surface area contributed by atoms with Crippen LogP contribution >= 0.6 is 41.5 Å². The van der Waals surface area contributed by atoms with Gasteiger partial charge in [-0.2, -0.15) is 0 Å².